The van der Waals surface area contributed by atoms with E-state index in [0.717, 1.165) is 6.42 Å². The summed E-state index contributed by atoms with van der Waals surface area (Å²) in [5.41, 5.74) is 0. The van der Waals surface area contributed by atoms with Crippen LogP contribution in [0.25, 0.3) is 0 Å². The van der Waals surface area contributed by atoms with Gasteiger partial charge in [0.15, 0.2) is 0 Å². The Kier molecular flexibility index (Phi) is 4.70. The molecule has 2 unspecified atom stereocenters. The van der Waals surface area contributed by atoms with Crippen molar-refractivity contribution < 1.29 is 14.2 Å². The van der Waals surface area contributed by atoms with Crippen LogP contribution in [-0.4, -0.2) is 38.1 Å². The van der Waals surface area contributed by atoms with Crippen molar-refractivity contribution in [3.8, 4) is 0 Å². The molecule has 0 amide bonds. The first-order valence-electron chi connectivity index (χ1n) is 5.07. The third-order valence-electron chi connectivity index (χ3n) is 2.11. The van der Waals surface area contributed by atoms with E-state index in [1.807, 2.05) is 13.8 Å². The van der Waals surface area contributed by atoms with Crippen molar-refractivity contribution in [1.82, 2.24) is 0 Å². The maximum atomic E-state index is 5.58. The third-order valence-corrected chi connectivity index (χ3v) is 2.11. The number of rotatable bonds is 4. The Labute approximate surface area is 80.4 Å². The van der Waals surface area contributed by atoms with E-state index >= 15 is 0 Å². The molecular formula is C10H20O3. The Morgan fingerprint density at radius 2 is 1.85 bits per heavy atom. The van der Waals surface area contributed by atoms with Crippen molar-refractivity contribution in [2.45, 2.75) is 45.5 Å². The van der Waals surface area contributed by atoms with Gasteiger partial charge in [-0.1, -0.05) is 6.92 Å². The van der Waals surface area contributed by atoms with Gasteiger partial charge in [0.1, 0.15) is 6.10 Å². The van der Waals surface area contributed by atoms with Crippen LogP contribution in [-0.2, 0) is 14.2 Å². The molecule has 0 bridgehead atoms. The lowest BCUT2D eigenvalue weighted by atomic mass is 10.2. The fraction of sp³-hybridized carbons (Fsp3) is 1.00. The predicted octanol–water partition coefficient (Wildman–Crippen LogP) is 1.61. The van der Waals surface area contributed by atoms with Gasteiger partial charge in [0, 0.05) is 0 Å². The Hall–Kier alpha value is -0.120. The second-order valence-electron chi connectivity index (χ2n) is 3.70. The average Bonchev–Trinajstić information content (AvgIpc) is 2.15. The zero-order valence-electron chi connectivity index (χ0n) is 8.79. The molecule has 0 aromatic heterocycles. The van der Waals surface area contributed by atoms with E-state index in [4.69, 9.17) is 14.2 Å². The van der Waals surface area contributed by atoms with Gasteiger partial charge in [-0.05, 0) is 20.3 Å². The van der Waals surface area contributed by atoms with E-state index in [9.17, 15) is 0 Å². The fourth-order valence-electron chi connectivity index (χ4n) is 1.21. The Morgan fingerprint density at radius 3 is 2.31 bits per heavy atom. The zero-order valence-corrected chi connectivity index (χ0v) is 8.79. The van der Waals surface area contributed by atoms with Crippen LogP contribution in [0, 0.1) is 0 Å². The van der Waals surface area contributed by atoms with Crippen LogP contribution >= 0.6 is 0 Å². The largest absolute Gasteiger partial charge is 0.376 e. The molecule has 1 aliphatic rings. The van der Waals surface area contributed by atoms with E-state index < -0.39 is 0 Å². The van der Waals surface area contributed by atoms with Crippen molar-refractivity contribution in [3.05, 3.63) is 0 Å². The van der Waals surface area contributed by atoms with Gasteiger partial charge in [-0.25, -0.2) is 0 Å². The van der Waals surface area contributed by atoms with Crippen LogP contribution in [0.1, 0.15) is 27.2 Å². The first-order chi connectivity index (χ1) is 6.22. The van der Waals surface area contributed by atoms with Crippen molar-refractivity contribution in [2.24, 2.45) is 0 Å². The highest BCUT2D eigenvalue weighted by molar-refractivity contribution is 4.66. The van der Waals surface area contributed by atoms with E-state index in [-0.39, 0.29) is 18.3 Å². The molecule has 3 heteroatoms. The van der Waals surface area contributed by atoms with Crippen molar-refractivity contribution in [1.29, 1.82) is 0 Å². The van der Waals surface area contributed by atoms with Crippen LogP contribution in [0.5, 0.6) is 0 Å². The first-order valence-corrected chi connectivity index (χ1v) is 5.07. The highest BCUT2D eigenvalue weighted by Crippen LogP contribution is 2.10. The number of ether oxygens (including phenoxy) is 3. The summed E-state index contributed by atoms with van der Waals surface area (Å²) in [6.45, 7) is 8.19. The molecule has 2 atom stereocenters. The highest BCUT2D eigenvalue weighted by Gasteiger charge is 2.21. The lowest BCUT2D eigenvalue weighted by Gasteiger charge is -2.29. The van der Waals surface area contributed by atoms with E-state index in [1.54, 1.807) is 0 Å². The second-order valence-corrected chi connectivity index (χ2v) is 3.70. The molecule has 1 rings (SSSR count). The molecule has 0 radical (unpaired) electrons. The summed E-state index contributed by atoms with van der Waals surface area (Å²) < 4.78 is 16.6. The average molecular weight is 188 g/mol. The number of hydrogen-bond donors (Lipinski definition) is 0. The van der Waals surface area contributed by atoms with Gasteiger partial charge < -0.3 is 14.2 Å². The summed E-state index contributed by atoms with van der Waals surface area (Å²) in [4.78, 5) is 0. The summed E-state index contributed by atoms with van der Waals surface area (Å²) >= 11 is 0. The predicted molar refractivity (Wildman–Crippen MR) is 50.9 cm³/mol. The lowest BCUT2D eigenvalue weighted by molar-refractivity contribution is -0.156. The van der Waals surface area contributed by atoms with Gasteiger partial charge in [0.05, 0.1) is 32.0 Å². The van der Waals surface area contributed by atoms with Gasteiger partial charge in [-0.2, -0.15) is 0 Å². The summed E-state index contributed by atoms with van der Waals surface area (Å²) in [5, 5.41) is 0. The molecule has 1 saturated heterocycles. The van der Waals surface area contributed by atoms with Gasteiger partial charge in [0.2, 0.25) is 0 Å². The van der Waals surface area contributed by atoms with Gasteiger partial charge in [0.25, 0.3) is 0 Å². The van der Waals surface area contributed by atoms with Gasteiger partial charge in [-0.15, -0.1) is 0 Å². The summed E-state index contributed by atoms with van der Waals surface area (Å²) in [5.74, 6) is 0. The number of hydrogen-bond acceptors (Lipinski definition) is 3. The van der Waals surface area contributed by atoms with E-state index in [1.165, 1.54) is 0 Å². The van der Waals surface area contributed by atoms with Crippen LogP contribution < -0.4 is 0 Å². The summed E-state index contributed by atoms with van der Waals surface area (Å²) in [6.07, 6.45) is 1.71. The fourth-order valence-corrected chi connectivity index (χ4v) is 1.21. The molecule has 1 heterocycles. The van der Waals surface area contributed by atoms with Gasteiger partial charge >= 0.3 is 0 Å². The minimum Gasteiger partial charge on any atom is -0.376 e. The van der Waals surface area contributed by atoms with Gasteiger partial charge in [-0.3, -0.25) is 0 Å². The van der Waals surface area contributed by atoms with Crippen molar-refractivity contribution in [3.63, 3.8) is 0 Å². The molecular weight excluding hydrogens is 168 g/mol. The molecule has 13 heavy (non-hydrogen) atoms. The third kappa shape index (κ3) is 4.07. The molecule has 0 N–H and O–H groups in total. The van der Waals surface area contributed by atoms with E-state index in [2.05, 4.69) is 6.92 Å². The van der Waals surface area contributed by atoms with Crippen molar-refractivity contribution in [2.75, 3.05) is 19.8 Å². The molecule has 0 aromatic carbocycles. The van der Waals surface area contributed by atoms with Crippen molar-refractivity contribution >= 4 is 0 Å². The lowest BCUT2D eigenvalue weighted by Crippen LogP contribution is -2.38. The summed E-state index contributed by atoms with van der Waals surface area (Å²) in [7, 11) is 0. The van der Waals surface area contributed by atoms with Crippen LogP contribution in [0.3, 0.4) is 0 Å². The molecule has 0 spiro atoms. The molecule has 0 aromatic rings. The highest BCUT2D eigenvalue weighted by atomic mass is 16.6. The Balaban J connectivity index is 2.10. The van der Waals surface area contributed by atoms with Crippen LogP contribution in [0.15, 0.2) is 0 Å². The topological polar surface area (TPSA) is 27.7 Å². The van der Waals surface area contributed by atoms with Crippen LogP contribution in [0.4, 0.5) is 0 Å². The van der Waals surface area contributed by atoms with E-state index in [0.29, 0.717) is 19.8 Å². The summed E-state index contributed by atoms with van der Waals surface area (Å²) in [6, 6.07) is 0. The molecule has 3 nitrogen and oxygen atoms in total. The first kappa shape index (κ1) is 11.0. The standard InChI is InChI=1S/C10H20O3/c1-4-9-5-13-10(7-12-9)6-11-8(2)3/h8-10H,4-7H2,1-3H3. The minimum absolute atomic E-state index is 0.130. The molecule has 1 fully saturated rings. The maximum absolute atomic E-state index is 5.58. The second kappa shape index (κ2) is 5.58. The monoisotopic (exact) mass is 188 g/mol. The zero-order chi connectivity index (χ0) is 9.68. The SMILES string of the molecule is CCC1COC(COC(C)C)CO1. The smallest absolute Gasteiger partial charge is 0.104 e. The Bertz CT molecular complexity index is 128. The minimum atomic E-state index is 0.130. The Morgan fingerprint density at radius 1 is 1.23 bits per heavy atom. The molecule has 1 aliphatic heterocycles. The quantitative estimate of drug-likeness (QED) is 0.670. The van der Waals surface area contributed by atoms with Crippen LogP contribution in [0.2, 0.25) is 0 Å². The maximum Gasteiger partial charge on any atom is 0.104 e. The molecule has 0 aliphatic carbocycles. The normalized spacial score (nSPS) is 29.5. The molecule has 78 valence electrons. The molecule has 0 saturated carbocycles.